The molecule has 1 unspecified atom stereocenters. The molecule has 0 aliphatic carbocycles. The van der Waals surface area contributed by atoms with E-state index in [1.165, 1.54) is 6.92 Å². The minimum atomic E-state index is -4.48. The normalized spacial score (nSPS) is 45.4. The highest BCUT2D eigenvalue weighted by Crippen LogP contribution is 2.51. The Bertz CT molecular complexity index is 1020. The van der Waals surface area contributed by atoms with Gasteiger partial charge in [-0.25, -0.2) is 4.57 Å². The Kier molecular flexibility index (Phi) is 14.1. The number of aliphatic hydroxyl groups excluding tert-OH is 4. The van der Waals surface area contributed by atoms with Crippen LogP contribution in [0.25, 0.3) is 0 Å². The lowest BCUT2D eigenvalue weighted by molar-refractivity contribution is -0.364. The highest BCUT2D eigenvalue weighted by molar-refractivity contribution is 7.47. The second-order valence-corrected chi connectivity index (χ2v) is 12.8. The van der Waals surface area contributed by atoms with Crippen LogP contribution in [-0.2, 0) is 51.5 Å². The molecular weight excluding hydrogens is 643 g/mol. The highest BCUT2D eigenvalue weighted by Gasteiger charge is 2.55. The maximum atomic E-state index is 12.4. The molecule has 19 nitrogen and oxygen atoms in total. The van der Waals surface area contributed by atoms with Crippen LogP contribution in [-0.4, -0.2) is 163 Å². The topological polar surface area (TPSA) is 272 Å². The molecule has 4 rings (SSSR count). The first-order valence-electron chi connectivity index (χ1n) is 15.1. The van der Waals surface area contributed by atoms with Crippen molar-refractivity contribution >= 4 is 13.7 Å². The maximum Gasteiger partial charge on any atom is 0.472 e. The third kappa shape index (κ3) is 9.82. The Morgan fingerprint density at radius 2 is 1.54 bits per heavy atom. The Morgan fingerprint density at radius 1 is 0.891 bits per heavy atom. The van der Waals surface area contributed by atoms with E-state index in [9.17, 15) is 35.0 Å². The van der Waals surface area contributed by atoms with E-state index in [0.29, 0.717) is 19.8 Å². The maximum absolute atomic E-state index is 12.4. The molecule has 0 aromatic rings. The first kappa shape index (κ1) is 37.9. The number of aliphatic hydroxyl groups is 4. The second kappa shape index (κ2) is 17.1. The van der Waals surface area contributed by atoms with Gasteiger partial charge in [-0.1, -0.05) is 0 Å². The highest BCUT2D eigenvalue weighted by atomic mass is 31.2. The first-order chi connectivity index (χ1) is 21.8. The number of hydrogen-bond donors (Lipinski definition) is 6. The minimum absolute atomic E-state index is 0.0111. The van der Waals surface area contributed by atoms with Gasteiger partial charge in [0, 0.05) is 13.0 Å². The molecule has 46 heavy (non-hydrogen) atoms. The van der Waals surface area contributed by atoms with E-state index >= 15 is 0 Å². The summed E-state index contributed by atoms with van der Waals surface area (Å²) in [6, 6.07) is -1.24. The Morgan fingerprint density at radius 3 is 2.24 bits per heavy atom. The molecule has 15 atom stereocenters. The van der Waals surface area contributed by atoms with Crippen LogP contribution in [0.4, 0.5) is 0 Å². The molecule has 7 N–H and O–H groups in total. The molecule has 0 aromatic heterocycles. The van der Waals surface area contributed by atoms with Crippen molar-refractivity contribution in [2.75, 3.05) is 46.2 Å². The molecule has 268 valence electrons. The van der Waals surface area contributed by atoms with Crippen molar-refractivity contribution in [1.29, 1.82) is 0 Å². The zero-order valence-electron chi connectivity index (χ0n) is 25.8. The lowest BCUT2D eigenvalue weighted by Crippen LogP contribution is -2.66. The summed E-state index contributed by atoms with van der Waals surface area (Å²) in [5.41, 5.74) is 5.39. The van der Waals surface area contributed by atoms with Crippen molar-refractivity contribution < 1.29 is 81.9 Å². The van der Waals surface area contributed by atoms with E-state index in [1.54, 1.807) is 13.8 Å². The third-order valence-electron chi connectivity index (χ3n) is 7.79. The van der Waals surface area contributed by atoms with Crippen molar-refractivity contribution in [1.82, 2.24) is 0 Å². The Balaban J connectivity index is 1.54. The fraction of sp³-hybridized carbons (Fsp3) is 0.962. The van der Waals surface area contributed by atoms with E-state index in [1.807, 2.05) is 0 Å². The van der Waals surface area contributed by atoms with Gasteiger partial charge in [-0.05, 0) is 26.7 Å². The molecule has 0 spiro atoms. The molecular formula is C26H46N2O17P-. The molecule has 20 heteroatoms. The average Bonchev–Trinajstić information content (AvgIpc) is 2.99. The summed E-state index contributed by atoms with van der Waals surface area (Å²) < 4.78 is 68.2. The molecule has 4 heterocycles. The lowest BCUT2D eigenvalue weighted by atomic mass is 9.95. The van der Waals surface area contributed by atoms with Crippen molar-refractivity contribution in [2.24, 2.45) is 10.7 Å². The molecule has 4 fully saturated rings. The van der Waals surface area contributed by atoms with E-state index in [4.69, 9.17) is 52.7 Å². The standard InChI is InChI=1S/C26H47N2O17P/c1-12-15(30)10-16(31)24(40-12)43-21-13(2)41-25(38-9-8-37-7-6-36-5-4-27)18(28-14(3)29)23(21)44-26-20(33)19(32)22-17(42-26)11-39-46(34,35)45-22/h12-13,15-26,30-33H,4-11,27H2,1-3H3,(H,28,29)(H,34,35)/p-1/t12-,13+,15-,16-,17+,18+,19+,20+,21+,22-,23+,24-,25+,26-/m0/s1. The largest absolute Gasteiger partial charge is 0.862 e. The van der Waals surface area contributed by atoms with E-state index in [2.05, 4.69) is 4.99 Å². The molecule has 0 aromatic carbocycles. The summed E-state index contributed by atoms with van der Waals surface area (Å²) in [6.07, 6.45) is -16.4. The summed E-state index contributed by atoms with van der Waals surface area (Å²) in [5, 5.41) is 54.8. The number of fused-ring (bicyclic) bond motifs is 1. The summed E-state index contributed by atoms with van der Waals surface area (Å²) in [4.78, 5) is 13.8. The molecule has 0 saturated carbocycles. The van der Waals surface area contributed by atoms with Crippen molar-refractivity contribution in [3.63, 3.8) is 0 Å². The number of rotatable bonds is 14. The van der Waals surface area contributed by atoms with Gasteiger partial charge in [-0.15, -0.1) is 0 Å². The van der Waals surface area contributed by atoms with Crippen LogP contribution in [0.2, 0.25) is 0 Å². The SMILES string of the molecule is CC([O-])=N[C@H]1[C@H](OCCOCCOCCN)O[C@H](C)[C@@H](O[C@@H]2O[C@@H](C)[C@@H](O)C[C@@H]2O)[C@@H]1O[C@@H]1O[C@@H]2COP(=O)(O)O[C@@H]2[C@H](O)[C@H]1O. The number of nitrogens with two attached hydrogens (primary N) is 1. The van der Waals surface area contributed by atoms with Gasteiger partial charge in [0.1, 0.15) is 48.8 Å². The first-order valence-corrected chi connectivity index (χ1v) is 16.6. The molecule has 0 bridgehead atoms. The summed E-state index contributed by atoms with van der Waals surface area (Å²) in [6.45, 7) is 5.51. The van der Waals surface area contributed by atoms with Gasteiger partial charge in [0.25, 0.3) is 0 Å². The van der Waals surface area contributed by atoms with Gasteiger partial charge in [0.2, 0.25) is 0 Å². The van der Waals surface area contributed by atoms with Gasteiger partial charge in [0.05, 0.1) is 58.0 Å². The van der Waals surface area contributed by atoms with Crippen LogP contribution in [0, 0.1) is 0 Å². The predicted octanol–water partition coefficient (Wildman–Crippen LogP) is -3.52. The summed E-state index contributed by atoms with van der Waals surface area (Å²) in [7, 11) is -4.48. The van der Waals surface area contributed by atoms with Gasteiger partial charge in [-0.2, -0.15) is 0 Å². The van der Waals surface area contributed by atoms with Crippen LogP contribution in [0.1, 0.15) is 27.2 Å². The number of nitrogens with zero attached hydrogens (tertiary/aromatic N) is 1. The summed E-state index contributed by atoms with van der Waals surface area (Å²) in [5.74, 6) is -0.624. The number of hydrogen-bond acceptors (Lipinski definition) is 18. The van der Waals surface area contributed by atoms with Crippen molar-refractivity contribution in [2.45, 2.75) is 113 Å². The fourth-order valence-electron chi connectivity index (χ4n) is 5.45. The molecule has 0 radical (unpaired) electrons. The number of ether oxygens (including phenoxy) is 8. The Hall–Kier alpha value is -0.940. The van der Waals surface area contributed by atoms with Crippen LogP contribution < -0.4 is 10.8 Å². The van der Waals surface area contributed by atoms with Gasteiger partial charge in [-0.3, -0.25) is 14.0 Å². The van der Waals surface area contributed by atoms with Crippen LogP contribution >= 0.6 is 7.82 Å². The zero-order chi connectivity index (χ0) is 33.6. The zero-order valence-corrected chi connectivity index (χ0v) is 26.7. The second-order valence-electron chi connectivity index (χ2n) is 11.4. The van der Waals surface area contributed by atoms with Crippen molar-refractivity contribution in [3.05, 3.63) is 0 Å². The van der Waals surface area contributed by atoms with Crippen LogP contribution in [0.15, 0.2) is 4.99 Å². The molecule has 0 amide bonds. The molecule has 4 aliphatic heterocycles. The minimum Gasteiger partial charge on any atom is -0.862 e. The quantitative estimate of drug-likeness (QED) is 0.0446. The predicted molar refractivity (Wildman–Crippen MR) is 150 cm³/mol. The van der Waals surface area contributed by atoms with Gasteiger partial charge >= 0.3 is 7.82 Å². The monoisotopic (exact) mass is 689 g/mol. The molecule has 4 aliphatic rings. The Labute approximate surface area is 266 Å². The van der Waals surface area contributed by atoms with E-state index in [0.717, 1.165) is 0 Å². The van der Waals surface area contributed by atoms with Gasteiger partial charge < -0.3 is 74.1 Å². The van der Waals surface area contributed by atoms with E-state index in [-0.39, 0.29) is 26.2 Å². The smallest absolute Gasteiger partial charge is 0.472 e. The number of phosphoric acid groups is 1. The average molecular weight is 690 g/mol. The lowest BCUT2D eigenvalue weighted by Gasteiger charge is -2.49. The van der Waals surface area contributed by atoms with E-state index < -0.39 is 106 Å². The molecule has 4 saturated heterocycles. The van der Waals surface area contributed by atoms with Crippen LogP contribution in [0.5, 0.6) is 0 Å². The third-order valence-corrected chi connectivity index (χ3v) is 8.78. The number of aliphatic imine (C=N–C) groups is 1. The number of phosphoric ester groups is 1. The van der Waals surface area contributed by atoms with Crippen molar-refractivity contribution in [3.8, 4) is 0 Å². The summed E-state index contributed by atoms with van der Waals surface area (Å²) >= 11 is 0. The van der Waals surface area contributed by atoms with Crippen LogP contribution in [0.3, 0.4) is 0 Å². The fourth-order valence-corrected chi connectivity index (χ4v) is 6.42. The van der Waals surface area contributed by atoms with Gasteiger partial charge in [0.15, 0.2) is 18.9 Å².